The first-order valence-corrected chi connectivity index (χ1v) is 7.06. The molecule has 2 heterocycles. The Labute approximate surface area is 124 Å². The van der Waals surface area contributed by atoms with Gasteiger partial charge in [0, 0.05) is 23.4 Å². The van der Waals surface area contributed by atoms with E-state index in [4.69, 9.17) is 11.6 Å². The Morgan fingerprint density at radius 3 is 3.11 bits per heavy atom. The first-order chi connectivity index (χ1) is 9.11. The number of anilines is 1. The molecule has 1 N–H and O–H groups in total. The number of hydrogen-bond donors (Lipinski definition) is 1. The van der Waals surface area contributed by atoms with Gasteiger partial charge in [-0.1, -0.05) is 18.5 Å². The Kier molecular flexibility index (Phi) is 4.61. The maximum Gasteiger partial charge on any atom is 0.272 e. The minimum Gasteiger partial charge on any atom is -0.344 e. The molecule has 0 bridgehead atoms. The van der Waals surface area contributed by atoms with Crippen LogP contribution < -0.4 is 5.32 Å². The van der Waals surface area contributed by atoms with E-state index in [1.54, 1.807) is 18.3 Å². The number of carbonyl (C=O) groups excluding carboxylic acids is 1. The van der Waals surface area contributed by atoms with Crippen LogP contribution in [-0.2, 0) is 6.54 Å². The highest BCUT2D eigenvalue weighted by molar-refractivity contribution is 9.10. The lowest BCUT2D eigenvalue weighted by Crippen LogP contribution is -2.17. The van der Waals surface area contributed by atoms with Crippen molar-refractivity contribution in [1.29, 1.82) is 0 Å². The average Bonchev–Trinajstić information content (AvgIpc) is 2.82. The number of pyridine rings is 1. The standard InChI is InChI=1S/C13H13BrClN3O/c1-2-5-18-6-3-4-11(18)13(19)17-10-7-9(14)8-16-12(10)15/h3-4,6-8H,2,5H2,1H3,(H,17,19). The maximum atomic E-state index is 12.2. The van der Waals surface area contributed by atoms with E-state index in [2.05, 4.69) is 33.2 Å². The number of aromatic nitrogens is 2. The summed E-state index contributed by atoms with van der Waals surface area (Å²) < 4.78 is 2.67. The first-order valence-electron chi connectivity index (χ1n) is 5.89. The fraction of sp³-hybridized carbons (Fsp3) is 0.231. The molecular weight excluding hydrogens is 330 g/mol. The fourth-order valence-electron chi connectivity index (χ4n) is 1.75. The predicted octanol–water partition coefficient (Wildman–Crippen LogP) is 3.96. The van der Waals surface area contributed by atoms with Gasteiger partial charge in [0.1, 0.15) is 5.69 Å². The molecule has 0 saturated heterocycles. The minimum absolute atomic E-state index is 0.194. The smallest absolute Gasteiger partial charge is 0.272 e. The van der Waals surface area contributed by atoms with Crippen LogP contribution in [0.15, 0.2) is 35.1 Å². The van der Waals surface area contributed by atoms with Crippen LogP contribution in [0.4, 0.5) is 5.69 Å². The van der Waals surface area contributed by atoms with Gasteiger partial charge in [-0.2, -0.15) is 0 Å². The van der Waals surface area contributed by atoms with Gasteiger partial charge < -0.3 is 9.88 Å². The summed E-state index contributed by atoms with van der Waals surface area (Å²) in [6, 6.07) is 5.36. The molecule has 0 radical (unpaired) electrons. The number of amides is 1. The molecule has 0 spiro atoms. The Bertz CT molecular complexity index is 597. The van der Waals surface area contributed by atoms with Crippen LogP contribution in [-0.4, -0.2) is 15.5 Å². The van der Waals surface area contributed by atoms with Crippen LogP contribution in [0.5, 0.6) is 0 Å². The number of aryl methyl sites for hydroxylation is 1. The van der Waals surface area contributed by atoms with Gasteiger partial charge in [-0.25, -0.2) is 4.98 Å². The molecule has 0 fully saturated rings. The van der Waals surface area contributed by atoms with Gasteiger partial charge >= 0.3 is 0 Å². The van der Waals surface area contributed by atoms with Crippen LogP contribution >= 0.6 is 27.5 Å². The van der Waals surface area contributed by atoms with E-state index in [1.165, 1.54) is 0 Å². The van der Waals surface area contributed by atoms with Crippen molar-refractivity contribution in [3.05, 3.63) is 45.9 Å². The van der Waals surface area contributed by atoms with Crippen LogP contribution in [0.2, 0.25) is 5.15 Å². The molecule has 4 nitrogen and oxygen atoms in total. The number of carbonyl (C=O) groups is 1. The van der Waals surface area contributed by atoms with Crippen molar-refractivity contribution in [2.45, 2.75) is 19.9 Å². The molecule has 0 unspecified atom stereocenters. The van der Waals surface area contributed by atoms with Gasteiger partial charge in [-0.3, -0.25) is 4.79 Å². The molecular formula is C13H13BrClN3O. The summed E-state index contributed by atoms with van der Waals surface area (Å²) >= 11 is 9.25. The van der Waals surface area contributed by atoms with Crippen LogP contribution in [0.3, 0.4) is 0 Å². The van der Waals surface area contributed by atoms with Gasteiger partial charge in [0.25, 0.3) is 5.91 Å². The van der Waals surface area contributed by atoms with Gasteiger partial charge in [-0.05, 0) is 40.5 Å². The molecule has 100 valence electrons. The molecule has 1 amide bonds. The second-order valence-corrected chi connectivity index (χ2v) is 5.31. The van der Waals surface area contributed by atoms with E-state index in [9.17, 15) is 4.79 Å². The predicted molar refractivity (Wildman–Crippen MR) is 79.6 cm³/mol. The molecule has 2 aromatic rings. The van der Waals surface area contributed by atoms with Gasteiger partial charge in [0.05, 0.1) is 5.69 Å². The summed E-state index contributed by atoms with van der Waals surface area (Å²) in [5, 5.41) is 3.04. The first kappa shape index (κ1) is 14.1. The summed E-state index contributed by atoms with van der Waals surface area (Å²) in [5.74, 6) is -0.194. The van der Waals surface area contributed by atoms with Crippen LogP contribution in [0.25, 0.3) is 0 Å². The summed E-state index contributed by atoms with van der Waals surface area (Å²) in [6.45, 7) is 2.87. The van der Waals surface area contributed by atoms with Crippen molar-refractivity contribution in [2.24, 2.45) is 0 Å². The lowest BCUT2D eigenvalue weighted by Gasteiger charge is -2.09. The quantitative estimate of drug-likeness (QED) is 0.855. The van der Waals surface area contributed by atoms with Crippen molar-refractivity contribution >= 4 is 39.1 Å². The Morgan fingerprint density at radius 1 is 1.58 bits per heavy atom. The summed E-state index contributed by atoms with van der Waals surface area (Å²) in [7, 11) is 0. The Morgan fingerprint density at radius 2 is 2.37 bits per heavy atom. The second kappa shape index (κ2) is 6.21. The Hall–Kier alpha value is -1.33. The molecule has 6 heteroatoms. The molecule has 19 heavy (non-hydrogen) atoms. The summed E-state index contributed by atoms with van der Waals surface area (Å²) in [6.07, 6.45) is 4.44. The lowest BCUT2D eigenvalue weighted by atomic mass is 10.3. The van der Waals surface area contributed by atoms with E-state index in [0.717, 1.165) is 17.4 Å². The number of rotatable bonds is 4. The highest BCUT2D eigenvalue weighted by Crippen LogP contribution is 2.23. The highest BCUT2D eigenvalue weighted by atomic mass is 79.9. The van der Waals surface area contributed by atoms with Crippen molar-refractivity contribution in [3.63, 3.8) is 0 Å². The molecule has 2 rings (SSSR count). The van der Waals surface area contributed by atoms with Crippen LogP contribution in [0.1, 0.15) is 23.8 Å². The third-order valence-electron chi connectivity index (χ3n) is 2.58. The van der Waals surface area contributed by atoms with Gasteiger partial charge in [0.2, 0.25) is 0 Å². The molecule has 2 aromatic heterocycles. The lowest BCUT2D eigenvalue weighted by molar-refractivity contribution is 0.101. The van der Waals surface area contributed by atoms with E-state index >= 15 is 0 Å². The highest BCUT2D eigenvalue weighted by Gasteiger charge is 2.13. The van der Waals surface area contributed by atoms with Crippen LogP contribution in [0, 0.1) is 0 Å². The topological polar surface area (TPSA) is 46.9 Å². The SMILES string of the molecule is CCCn1cccc1C(=O)Nc1cc(Br)cnc1Cl. The monoisotopic (exact) mass is 341 g/mol. The third-order valence-corrected chi connectivity index (χ3v) is 3.32. The zero-order valence-corrected chi connectivity index (χ0v) is 12.7. The fourth-order valence-corrected chi connectivity index (χ4v) is 2.23. The molecule has 0 atom stereocenters. The molecule has 0 aliphatic heterocycles. The molecule has 0 saturated carbocycles. The zero-order valence-electron chi connectivity index (χ0n) is 10.4. The molecule has 0 aromatic carbocycles. The van der Waals surface area contributed by atoms with Crippen molar-refractivity contribution < 1.29 is 4.79 Å². The largest absolute Gasteiger partial charge is 0.344 e. The van der Waals surface area contributed by atoms with Crippen molar-refractivity contribution in [1.82, 2.24) is 9.55 Å². The number of hydrogen-bond acceptors (Lipinski definition) is 2. The number of nitrogens with zero attached hydrogens (tertiary/aromatic N) is 2. The van der Waals surface area contributed by atoms with E-state index in [0.29, 0.717) is 11.4 Å². The van der Waals surface area contributed by atoms with E-state index < -0.39 is 0 Å². The normalized spacial score (nSPS) is 10.5. The third kappa shape index (κ3) is 3.36. The average molecular weight is 343 g/mol. The van der Waals surface area contributed by atoms with Crippen molar-refractivity contribution in [3.8, 4) is 0 Å². The van der Waals surface area contributed by atoms with Crippen molar-refractivity contribution in [2.75, 3.05) is 5.32 Å². The Balaban J connectivity index is 2.21. The summed E-state index contributed by atoms with van der Waals surface area (Å²) in [5.41, 5.74) is 1.10. The van der Waals surface area contributed by atoms with Gasteiger partial charge in [-0.15, -0.1) is 0 Å². The second-order valence-electron chi connectivity index (χ2n) is 4.03. The molecule has 0 aliphatic carbocycles. The summed E-state index contributed by atoms with van der Waals surface area (Å²) in [4.78, 5) is 16.2. The number of nitrogens with one attached hydrogen (secondary N) is 1. The number of halogens is 2. The van der Waals surface area contributed by atoms with E-state index in [1.807, 2.05) is 16.8 Å². The van der Waals surface area contributed by atoms with Gasteiger partial charge in [0.15, 0.2) is 5.15 Å². The minimum atomic E-state index is -0.194. The van der Waals surface area contributed by atoms with E-state index in [-0.39, 0.29) is 11.1 Å². The molecule has 0 aliphatic rings. The zero-order chi connectivity index (χ0) is 13.8. The maximum absolute atomic E-state index is 12.2.